The van der Waals surface area contributed by atoms with Gasteiger partial charge in [0.25, 0.3) is 0 Å². The van der Waals surface area contributed by atoms with Crippen LogP contribution in [0, 0.1) is 5.92 Å². The lowest BCUT2D eigenvalue weighted by Crippen LogP contribution is -2.17. The lowest BCUT2D eigenvalue weighted by molar-refractivity contribution is -0.116. The van der Waals surface area contributed by atoms with Gasteiger partial charge in [-0.15, -0.1) is 0 Å². The van der Waals surface area contributed by atoms with E-state index < -0.39 is 15.8 Å². The Bertz CT molecular complexity index is 641. The maximum atomic E-state index is 11.8. The number of rotatable bonds is 4. The SMILES string of the molecule is O=C(CC1CCS(=O)(=O)C1)Nc1ccnc(C(=O)O)c1. The molecule has 1 aliphatic heterocycles. The number of anilines is 1. The van der Waals surface area contributed by atoms with E-state index in [0.717, 1.165) is 0 Å². The number of aromatic carboxylic acids is 1. The smallest absolute Gasteiger partial charge is 0.354 e. The summed E-state index contributed by atoms with van der Waals surface area (Å²) in [7, 11) is -3.00. The number of nitrogens with one attached hydrogen (secondary N) is 1. The third-order valence-corrected chi connectivity index (χ3v) is 4.90. The average molecular weight is 298 g/mol. The molecule has 20 heavy (non-hydrogen) atoms. The summed E-state index contributed by atoms with van der Waals surface area (Å²) in [5.41, 5.74) is 0.175. The molecule has 2 heterocycles. The van der Waals surface area contributed by atoms with E-state index in [-0.39, 0.29) is 35.4 Å². The molecule has 1 saturated heterocycles. The molecule has 108 valence electrons. The summed E-state index contributed by atoms with van der Waals surface area (Å²) in [5.74, 6) is -1.50. The lowest BCUT2D eigenvalue weighted by atomic mass is 10.1. The van der Waals surface area contributed by atoms with Gasteiger partial charge in [-0.2, -0.15) is 0 Å². The second-order valence-electron chi connectivity index (χ2n) is 4.76. The molecule has 2 rings (SSSR count). The molecule has 1 fully saturated rings. The van der Waals surface area contributed by atoms with Crippen molar-refractivity contribution in [2.75, 3.05) is 16.8 Å². The predicted octanol–water partition coefficient (Wildman–Crippen LogP) is 0.543. The van der Waals surface area contributed by atoms with Crippen LogP contribution in [0.2, 0.25) is 0 Å². The lowest BCUT2D eigenvalue weighted by Gasteiger charge is -2.08. The molecule has 1 aromatic rings. The van der Waals surface area contributed by atoms with Crippen molar-refractivity contribution in [3.05, 3.63) is 24.0 Å². The van der Waals surface area contributed by atoms with Gasteiger partial charge in [-0.3, -0.25) is 4.79 Å². The van der Waals surface area contributed by atoms with Gasteiger partial charge < -0.3 is 10.4 Å². The number of amides is 1. The molecule has 1 amide bonds. The van der Waals surface area contributed by atoms with Crippen molar-refractivity contribution in [1.29, 1.82) is 0 Å². The predicted molar refractivity (Wildman–Crippen MR) is 71.2 cm³/mol. The van der Waals surface area contributed by atoms with Crippen LogP contribution in [0.3, 0.4) is 0 Å². The molecule has 2 N–H and O–H groups in total. The van der Waals surface area contributed by atoms with Crippen molar-refractivity contribution in [3.63, 3.8) is 0 Å². The molecule has 0 aliphatic carbocycles. The summed E-state index contributed by atoms with van der Waals surface area (Å²) in [6.45, 7) is 0. The molecule has 1 aliphatic rings. The molecule has 0 radical (unpaired) electrons. The highest BCUT2D eigenvalue weighted by molar-refractivity contribution is 7.91. The van der Waals surface area contributed by atoms with Crippen LogP contribution < -0.4 is 5.32 Å². The zero-order valence-corrected chi connectivity index (χ0v) is 11.4. The summed E-state index contributed by atoms with van der Waals surface area (Å²) < 4.78 is 22.6. The van der Waals surface area contributed by atoms with Gasteiger partial charge in [0.05, 0.1) is 11.5 Å². The van der Waals surface area contributed by atoms with Gasteiger partial charge in [0.15, 0.2) is 9.84 Å². The van der Waals surface area contributed by atoms with Crippen LogP contribution >= 0.6 is 0 Å². The quantitative estimate of drug-likeness (QED) is 0.838. The van der Waals surface area contributed by atoms with Crippen molar-refractivity contribution < 1.29 is 23.1 Å². The third kappa shape index (κ3) is 3.77. The van der Waals surface area contributed by atoms with Gasteiger partial charge >= 0.3 is 5.97 Å². The molecule has 1 unspecified atom stereocenters. The number of hydrogen-bond donors (Lipinski definition) is 2. The molecule has 0 spiro atoms. The zero-order valence-electron chi connectivity index (χ0n) is 10.6. The van der Waals surface area contributed by atoms with Crippen LogP contribution in [-0.2, 0) is 14.6 Å². The first kappa shape index (κ1) is 14.4. The molecular weight excluding hydrogens is 284 g/mol. The van der Waals surface area contributed by atoms with Crippen LogP contribution in [0.1, 0.15) is 23.3 Å². The minimum absolute atomic E-state index is 0.0388. The second kappa shape index (κ2) is 5.58. The Hall–Kier alpha value is -1.96. The monoisotopic (exact) mass is 298 g/mol. The van der Waals surface area contributed by atoms with Gasteiger partial charge in [-0.25, -0.2) is 18.2 Å². The maximum Gasteiger partial charge on any atom is 0.354 e. The number of carboxylic acid groups (broad SMARTS) is 1. The summed E-state index contributed by atoms with van der Waals surface area (Å²) in [5, 5.41) is 11.3. The van der Waals surface area contributed by atoms with Crippen LogP contribution in [0.5, 0.6) is 0 Å². The first-order valence-corrected chi connectivity index (χ1v) is 7.87. The Balaban J connectivity index is 1.95. The number of hydrogen-bond acceptors (Lipinski definition) is 5. The number of pyridine rings is 1. The van der Waals surface area contributed by atoms with E-state index >= 15 is 0 Å². The summed E-state index contributed by atoms with van der Waals surface area (Å²) in [6.07, 6.45) is 1.90. The number of carboxylic acids is 1. The molecule has 0 aromatic carbocycles. The van der Waals surface area contributed by atoms with Gasteiger partial charge in [-0.1, -0.05) is 0 Å². The fourth-order valence-corrected chi connectivity index (χ4v) is 3.99. The molecule has 7 nitrogen and oxygen atoms in total. The van der Waals surface area contributed by atoms with Gasteiger partial charge in [-0.05, 0) is 24.5 Å². The topological polar surface area (TPSA) is 113 Å². The van der Waals surface area contributed by atoms with Crippen molar-refractivity contribution in [3.8, 4) is 0 Å². The standard InChI is InChI=1S/C12H14N2O5S/c15-11(5-8-2-4-20(18,19)7-8)14-9-1-3-13-10(6-9)12(16)17/h1,3,6,8H,2,4-5,7H2,(H,16,17)(H,13,14,15). The fourth-order valence-electron chi connectivity index (χ4n) is 2.13. The Morgan fingerprint density at radius 2 is 2.20 bits per heavy atom. The van der Waals surface area contributed by atoms with E-state index in [1.54, 1.807) is 0 Å². The summed E-state index contributed by atoms with van der Waals surface area (Å²) in [6, 6.07) is 2.74. The minimum atomic E-state index is -3.00. The Morgan fingerprint density at radius 3 is 2.80 bits per heavy atom. The van der Waals surface area contributed by atoms with Crippen molar-refractivity contribution in [1.82, 2.24) is 4.98 Å². The zero-order chi connectivity index (χ0) is 14.8. The van der Waals surface area contributed by atoms with Crippen LogP contribution in [0.25, 0.3) is 0 Å². The number of nitrogens with zero attached hydrogens (tertiary/aromatic N) is 1. The first-order valence-electron chi connectivity index (χ1n) is 6.05. The van der Waals surface area contributed by atoms with Crippen molar-refractivity contribution in [2.24, 2.45) is 5.92 Å². The molecule has 0 saturated carbocycles. The van der Waals surface area contributed by atoms with E-state index in [2.05, 4.69) is 10.3 Å². The maximum absolute atomic E-state index is 11.8. The third-order valence-electron chi connectivity index (χ3n) is 3.06. The molecule has 1 atom stereocenters. The first-order chi connectivity index (χ1) is 9.35. The van der Waals surface area contributed by atoms with Crippen LogP contribution in [-0.4, -0.2) is 41.9 Å². The van der Waals surface area contributed by atoms with E-state index in [9.17, 15) is 18.0 Å². The minimum Gasteiger partial charge on any atom is -0.477 e. The van der Waals surface area contributed by atoms with Gasteiger partial charge in [0.1, 0.15) is 5.69 Å². The highest BCUT2D eigenvalue weighted by Gasteiger charge is 2.29. The summed E-state index contributed by atoms with van der Waals surface area (Å²) in [4.78, 5) is 26.2. The Labute approximate surface area is 115 Å². The number of carbonyl (C=O) groups is 2. The normalized spacial score (nSPS) is 20.5. The number of aromatic nitrogens is 1. The molecular formula is C12H14N2O5S. The molecule has 8 heteroatoms. The number of carbonyl (C=O) groups excluding carboxylic acids is 1. The molecule has 0 bridgehead atoms. The van der Waals surface area contributed by atoms with E-state index in [1.807, 2.05) is 0 Å². The highest BCUT2D eigenvalue weighted by atomic mass is 32.2. The largest absolute Gasteiger partial charge is 0.477 e. The van der Waals surface area contributed by atoms with Crippen molar-refractivity contribution >= 4 is 27.4 Å². The second-order valence-corrected chi connectivity index (χ2v) is 6.98. The van der Waals surface area contributed by atoms with Crippen molar-refractivity contribution in [2.45, 2.75) is 12.8 Å². The number of sulfone groups is 1. The van der Waals surface area contributed by atoms with E-state index in [1.165, 1.54) is 18.3 Å². The van der Waals surface area contributed by atoms with Crippen LogP contribution in [0.15, 0.2) is 18.3 Å². The van der Waals surface area contributed by atoms with E-state index in [0.29, 0.717) is 12.1 Å². The van der Waals surface area contributed by atoms with E-state index in [4.69, 9.17) is 5.11 Å². The Kier molecular flexibility index (Phi) is 4.03. The Morgan fingerprint density at radius 1 is 1.45 bits per heavy atom. The van der Waals surface area contributed by atoms with Gasteiger partial charge in [0, 0.05) is 18.3 Å². The van der Waals surface area contributed by atoms with Crippen LogP contribution in [0.4, 0.5) is 5.69 Å². The fraction of sp³-hybridized carbons (Fsp3) is 0.417. The average Bonchev–Trinajstić information content (AvgIpc) is 2.68. The highest BCUT2D eigenvalue weighted by Crippen LogP contribution is 2.22. The van der Waals surface area contributed by atoms with Gasteiger partial charge in [0.2, 0.25) is 5.91 Å². The summed E-state index contributed by atoms with van der Waals surface area (Å²) >= 11 is 0. The molecule has 1 aromatic heterocycles.